The van der Waals surface area contributed by atoms with Gasteiger partial charge in [0.25, 0.3) is 0 Å². The van der Waals surface area contributed by atoms with Crippen LogP contribution in [0.3, 0.4) is 0 Å². The van der Waals surface area contributed by atoms with Crippen LogP contribution in [0, 0.1) is 0 Å². The largest absolute Gasteiger partial charge is 0.367 e. The standard InChI is InChI=1S/C19H18ClN3OS2/c20-14-5-1-3-7-16(14)22-9-11-23(12-10-22)18(24)13-25-19-21-15-6-2-4-8-17(15)26-19/h1-8H,9-13H2. The second-order valence-electron chi connectivity index (χ2n) is 6.06. The molecular weight excluding hydrogens is 386 g/mol. The molecule has 2 heterocycles. The predicted molar refractivity (Wildman–Crippen MR) is 111 cm³/mol. The van der Waals surface area contributed by atoms with Crippen LogP contribution in [-0.2, 0) is 4.79 Å². The van der Waals surface area contributed by atoms with Crippen molar-refractivity contribution in [3.05, 3.63) is 53.6 Å². The second kappa shape index (κ2) is 7.86. The number of piperazine rings is 1. The number of anilines is 1. The van der Waals surface area contributed by atoms with Crippen LogP contribution >= 0.6 is 34.7 Å². The molecule has 0 bridgehead atoms. The number of carbonyl (C=O) groups is 1. The SMILES string of the molecule is O=C(CSc1nc2ccccc2s1)N1CCN(c2ccccc2Cl)CC1. The molecule has 7 heteroatoms. The topological polar surface area (TPSA) is 36.4 Å². The van der Waals surface area contributed by atoms with Gasteiger partial charge in [0.1, 0.15) is 0 Å². The number of thiazole rings is 1. The van der Waals surface area contributed by atoms with Crippen molar-refractivity contribution in [1.82, 2.24) is 9.88 Å². The van der Waals surface area contributed by atoms with E-state index in [9.17, 15) is 4.79 Å². The normalized spacial score (nSPS) is 14.8. The number of para-hydroxylation sites is 2. The van der Waals surface area contributed by atoms with E-state index >= 15 is 0 Å². The van der Waals surface area contributed by atoms with Crippen LogP contribution in [0.4, 0.5) is 5.69 Å². The van der Waals surface area contributed by atoms with Gasteiger partial charge in [-0.3, -0.25) is 4.79 Å². The number of carbonyl (C=O) groups excluding carboxylic acids is 1. The summed E-state index contributed by atoms with van der Waals surface area (Å²) >= 11 is 9.45. The van der Waals surface area contributed by atoms with Crippen LogP contribution < -0.4 is 4.90 Å². The number of hydrogen-bond donors (Lipinski definition) is 0. The zero-order chi connectivity index (χ0) is 17.9. The molecule has 3 aromatic rings. The number of nitrogens with zero attached hydrogens (tertiary/aromatic N) is 3. The lowest BCUT2D eigenvalue weighted by Gasteiger charge is -2.36. The molecule has 0 saturated carbocycles. The summed E-state index contributed by atoms with van der Waals surface area (Å²) < 4.78 is 2.12. The molecule has 0 unspecified atom stereocenters. The summed E-state index contributed by atoms with van der Waals surface area (Å²) in [7, 11) is 0. The Balaban J connectivity index is 1.31. The molecule has 1 fully saturated rings. The van der Waals surface area contributed by atoms with Crippen molar-refractivity contribution >= 4 is 56.5 Å². The summed E-state index contributed by atoms with van der Waals surface area (Å²) in [6.45, 7) is 3.07. The Morgan fingerprint density at radius 3 is 2.58 bits per heavy atom. The van der Waals surface area contributed by atoms with Gasteiger partial charge in [0, 0.05) is 26.2 Å². The molecule has 0 N–H and O–H groups in total. The molecule has 4 nitrogen and oxygen atoms in total. The molecule has 1 saturated heterocycles. The number of hydrogen-bond acceptors (Lipinski definition) is 5. The fourth-order valence-corrected chi connectivity index (χ4v) is 5.26. The first-order valence-electron chi connectivity index (χ1n) is 8.46. The highest BCUT2D eigenvalue weighted by Crippen LogP contribution is 2.30. The lowest BCUT2D eigenvalue weighted by molar-refractivity contribution is -0.128. The Labute approximate surface area is 165 Å². The maximum Gasteiger partial charge on any atom is 0.233 e. The fraction of sp³-hybridized carbons (Fsp3) is 0.263. The number of fused-ring (bicyclic) bond motifs is 1. The second-order valence-corrected chi connectivity index (χ2v) is 8.72. The molecule has 0 radical (unpaired) electrons. The van der Waals surface area contributed by atoms with Crippen LogP contribution in [0.1, 0.15) is 0 Å². The lowest BCUT2D eigenvalue weighted by Crippen LogP contribution is -2.49. The van der Waals surface area contributed by atoms with Gasteiger partial charge in [-0.1, -0.05) is 47.6 Å². The number of rotatable bonds is 4. The minimum atomic E-state index is 0.174. The Morgan fingerprint density at radius 1 is 1.08 bits per heavy atom. The van der Waals surface area contributed by atoms with Gasteiger partial charge in [-0.15, -0.1) is 11.3 Å². The van der Waals surface area contributed by atoms with E-state index < -0.39 is 0 Å². The summed E-state index contributed by atoms with van der Waals surface area (Å²) in [6.07, 6.45) is 0. The van der Waals surface area contributed by atoms with Gasteiger partial charge in [-0.05, 0) is 24.3 Å². The summed E-state index contributed by atoms with van der Waals surface area (Å²) in [6, 6.07) is 15.9. The van der Waals surface area contributed by atoms with Gasteiger partial charge >= 0.3 is 0 Å². The monoisotopic (exact) mass is 403 g/mol. The van der Waals surface area contributed by atoms with Crippen molar-refractivity contribution < 1.29 is 4.79 Å². The molecule has 0 spiro atoms. The van der Waals surface area contributed by atoms with Crippen LogP contribution in [0.2, 0.25) is 5.02 Å². The third kappa shape index (κ3) is 3.82. The zero-order valence-electron chi connectivity index (χ0n) is 14.1. The predicted octanol–water partition coefficient (Wildman–Crippen LogP) is 4.39. The summed E-state index contributed by atoms with van der Waals surface area (Å²) in [5.74, 6) is 0.611. The Hall–Kier alpha value is -1.76. The van der Waals surface area contributed by atoms with Crippen molar-refractivity contribution in [2.45, 2.75) is 4.34 Å². The molecule has 1 aromatic heterocycles. The van der Waals surface area contributed by atoms with E-state index in [-0.39, 0.29) is 5.91 Å². The number of amides is 1. The molecule has 1 aliphatic heterocycles. The number of thioether (sulfide) groups is 1. The molecule has 134 valence electrons. The lowest BCUT2D eigenvalue weighted by atomic mass is 10.2. The first-order chi connectivity index (χ1) is 12.7. The molecule has 2 aromatic carbocycles. The number of halogens is 1. The summed E-state index contributed by atoms with van der Waals surface area (Å²) in [4.78, 5) is 21.3. The van der Waals surface area contributed by atoms with Gasteiger partial charge in [0.2, 0.25) is 5.91 Å². The third-order valence-corrected chi connectivity index (χ3v) is 6.90. The van der Waals surface area contributed by atoms with Crippen molar-refractivity contribution in [2.24, 2.45) is 0 Å². The molecule has 0 aliphatic carbocycles. The smallest absolute Gasteiger partial charge is 0.233 e. The van der Waals surface area contributed by atoms with Crippen LogP contribution in [0.15, 0.2) is 52.9 Å². The van der Waals surface area contributed by atoms with Gasteiger partial charge in [-0.2, -0.15) is 0 Å². The maximum atomic E-state index is 12.5. The van der Waals surface area contributed by atoms with Crippen LogP contribution in [-0.4, -0.2) is 47.7 Å². The van der Waals surface area contributed by atoms with E-state index in [0.717, 1.165) is 51.4 Å². The number of benzene rings is 2. The Morgan fingerprint density at radius 2 is 1.81 bits per heavy atom. The highest BCUT2D eigenvalue weighted by Gasteiger charge is 2.22. The minimum Gasteiger partial charge on any atom is -0.367 e. The van der Waals surface area contributed by atoms with E-state index in [0.29, 0.717) is 5.75 Å². The van der Waals surface area contributed by atoms with E-state index in [1.807, 2.05) is 47.4 Å². The van der Waals surface area contributed by atoms with Gasteiger partial charge in [0.15, 0.2) is 4.34 Å². The summed E-state index contributed by atoms with van der Waals surface area (Å²) in [5.41, 5.74) is 2.05. The van der Waals surface area contributed by atoms with Crippen molar-refractivity contribution in [2.75, 3.05) is 36.8 Å². The first-order valence-corrected chi connectivity index (χ1v) is 10.6. The van der Waals surface area contributed by atoms with Crippen molar-refractivity contribution in [3.63, 3.8) is 0 Å². The van der Waals surface area contributed by atoms with Gasteiger partial charge in [0.05, 0.1) is 26.7 Å². The van der Waals surface area contributed by atoms with Crippen LogP contribution in [0.25, 0.3) is 10.2 Å². The Bertz CT molecular complexity index is 889. The highest BCUT2D eigenvalue weighted by molar-refractivity contribution is 8.01. The van der Waals surface area contributed by atoms with E-state index in [2.05, 4.69) is 16.0 Å². The van der Waals surface area contributed by atoms with Crippen LogP contribution in [0.5, 0.6) is 0 Å². The molecule has 0 atom stereocenters. The van der Waals surface area contributed by atoms with Gasteiger partial charge < -0.3 is 9.80 Å². The quantitative estimate of drug-likeness (QED) is 0.605. The average molecular weight is 404 g/mol. The van der Waals surface area contributed by atoms with Gasteiger partial charge in [-0.25, -0.2) is 4.98 Å². The van der Waals surface area contributed by atoms with E-state index in [1.165, 1.54) is 11.8 Å². The van der Waals surface area contributed by atoms with Crippen molar-refractivity contribution in [3.8, 4) is 0 Å². The molecule has 1 amide bonds. The molecule has 26 heavy (non-hydrogen) atoms. The molecule has 4 rings (SSSR count). The molecular formula is C19H18ClN3OS2. The average Bonchev–Trinajstić information content (AvgIpc) is 3.10. The highest BCUT2D eigenvalue weighted by atomic mass is 35.5. The third-order valence-electron chi connectivity index (χ3n) is 4.42. The zero-order valence-corrected chi connectivity index (χ0v) is 16.5. The summed E-state index contributed by atoms with van der Waals surface area (Å²) in [5, 5.41) is 0.763. The fourth-order valence-electron chi connectivity index (χ4n) is 3.03. The van der Waals surface area contributed by atoms with Crippen molar-refractivity contribution in [1.29, 1.82) is 0 Å². The maximum absolute atomic E-state index is 12.5. The minimum absolute atomic E-state index is 0.174. The number of aromatic nitrogens is 1. The molecule has 1 aliphatic rings. The first kappa shape index (κ1) is 17.6. The van der Waals surface area contributed by atoms with E-state index in [1.54, 1.807) is 11.3 Å². The Kier molecular flexibility index (Phi) is 5.33. The van der Waals surface area contributed by atoms with E-state index in [4.69, 9.17) is 11.6 Å².